The molecule has 4 rings (SSSR count). The molecule has 0 bridgehead atoms. The summed E-state index contributed by atoms with van der Waals surface area (Å²) in [5.41, 5.74) is 2.16. The standard InChI is InChI=1S/C15H11F3O2.C13H10O2/c16-15(17,18)10-20-13-8-6-12(7-9-13)14(19)11-4-2-1-3-5-11;14-12-8-6-11(7-9-12)13(15)10-4-2-1-3-5-10/h1-9H,10H2;1-9,14H. The Hall–Kier alpha value is -4.39. The van der Waals surface area contributed by atoms with Crippen LogP contribution in [0.4, 0.5) is 13.2 Å². The van der Waals surface area contributed by atoms with Crippen LogP contribution < -0.4 is 4.74 Å². The van der Waals surface area contributed by atoms with Crippen molar-refractivity contribution in [3.05, 3.63) is 131 Å². The second kappa shape index (κ2) is 11.7. The Balaban J connectivity index is 0.000000203. The molecule has 0 spiro atoms. The molecule has 0 amide bonds. The quantitative estimate of drug-likeness (QED) is 0.322. The van der Waals surface area contributed by atoms with E-state index in [2.05, 4.69) is 4.74 Å². The van der Waals surface area contributed by atoms with Gasteiger partial charge in [-0.15, -0.1) is 0 Å². The van der Waals surface area contributed by atoms with E-state index in [1.807, 2.05) is 18.2 Å². The Kier molecular flexibility index (Phi) is 8.40. The fourth-order valence-corrected chi connectivity index (χ4v) is 2.99. The highest BCUT2D eigenvalue weighted by Gasteiger charge is 2.28. The fourth-order valence-electron chi connectivity index (χ4n) is 2.99. The molecular weight excluding hydrogens is 457 g/mol. The SMILES string of the molecule is O=C(c1ccccc1)c1ccc(O)cc1.O=C(c1ccccc1)c1ccc(OCC(F)(F)F)cc1. The molecule has 4 aromatic rings. The smallest absolute Gasteiger partial charge is 0.422 e. The van der Waals surface area contributed by atoms with Gasteiger partial charge in [-0.1, -0.05) is 60.7 Å². The van der Waals surface area contributed by atoms with E-state index in [4.69, 9.17) is 5.11 Å². The highest BCUT2D eigenvalue weighted by atomic mass is 19.4. The Bertz CT molecular complexity index is 1240. The van der Waals surface area contributed by atoms with Crippen molar-refractivity contribution in [2.24, 2.45) is 0 Å². The van der Waals surface area contributed by atoms with Gasteiger partial charge in [0.15, 0.2) is 18.2 Å². The number of phenols is 1. The number of ether oxygens (including phenoxy) is 1. The van der Waals surface area contributed by atoms with Gasteiger partial charge < -0.3 is 9.84 Å². The Morgan fingerprint density at radius 3 is 1.37 bits per heavy atom. The van der Waals surface area contributed by atoms with Crippen molar-refractivity contribution in [3.63, 3.8) is 0 Å². The topological polar surface area (TPSA) is 63.6 Å². The molecular formula is C28H21F3O4. The molecule has 35 heavy (non-hydrogen) atoms. The van der Waals surface area contributed by atoms with Crippen LogP contribution in [0.5, 0.6) is 11.5 Å². The lowest BCUT2D eigenvalue weighted by atomic mass is 10.0. The minimum Gasteiger partial charge on any atom is -0.508 e. The van der Waals surface area contributed by atoms with Crippen LogP contribution in [0.1, 0.15) is 31.8 Å². The average molecular weight is 478 g/mol. The summed E-state index contributed by atoms with van der Waals surface area (Å²) in [5.74, 6) is 0.0233. The molecule has 0 radical (unpaired) electrons. The molecule has 4 aromatic carbocycles. The maximum Gasteiger partial charge on any atom is 0.422 e. The molecule has 0 aliphatic carbocycles. The number of alkyl halides is 3. The summed E-state index contributed by atoms with van der Waals surface area (Å²) in [6.45, 7) is -1.35. The summed E-state index contributed by atoms with van der Waals surface area (Å²) in [7, 11) is 0. The molecule has 7 heteroatoms. The first-order chi connectivity index (χ1) is 16.7. The van der Waals surface area contributed by atoms with Crippen LogP contribution in [-0.2, 0) is 0 Å². The number of hydrogen-bond acceptors (Lipinski definition) is 4. The first kappa shape index (κ1) is 25.2. The maximum absolute atomic E-state index is 12.1. The summed E-state index contributed by atoms with van der Waals surface area (Å²) in [6, 6.07) is 29.5. The van der Waals surface area contributed by atoms with E-state index in [1.165, 1.54) is 36.4 Å². The van der Waals surface area contributed by atoms with Crippen molar-refractivity contribution in [2.45, 2.75) is 6.18 Å². The van der Waals surface area contributed by atoms with Crippen molar-refractivity contribution in [3.8, 4) is 11.5 Å². The van der Waals surface area contributed by atoms with Crippen molar-refractivity contribution in [2.75, 3.05) is 6.61 Å². The fraction of sp³-hybridized carbons (Fsp3) is 0.0714. The molecule has 0 heterocycles. The van der Waals surface area contributed by atoms with E-state index in [0.717, 1.165) is 0 Å². The maximum atomic E-state index is 12.1. The van der Waals surface area contributed by atoms with E-state index >= 15 is 0 Å². The van der Waals surface area contributed by atoms with Gasteiger partial charge in [-0.25, -0.2) is 0 Å². The van der Waals surface area contributed by atoms with Gasteiger partial charge in [0.05, 0.1) is 0 Å². The number of rotatable bonds is 6. The summed E-state index contributed by atoms with van der Waals surface area (Å²) in [6.07, 6.45) is -4.38. The molecule has 0 saturated carbocycles. The van der Waals surface area contributed by atoms with Gasteiger partial charge in [-0.05, 0) is 48.5 Å². The molecule has 0 fully saturated rings. The van der Waals surface area contributed by atoms with Crippen LogP contribution in [0.25, 0.3) is 0 Å². The number of hydrogen-bond donors (Lipinski definition) is 1. The zero-order valence-electron chi connectivity index (χ0n) is 18.4. The normalized spacial score (nSPS) is 10.6. The minimum atomic E-state index is -4.38. The van der Waals surface area contributed by atoms with E-state index in [-0.39, 0.29) is 23.1 Å². The van der Waals surface area contributed by atoms with Crippen LogP contribution in [0.3, 0.4) is 0 Å². The molecule has 1 N–H and O–H groups in total. The lowest BCUT2D eigenvalue weighted by molar-refractivity contribution is -0.153. The van der Waals surface area contributed by atoms with Gasteiger partial charge in [-0.3, -0.25) is 9.59 Å². The highest BCUT2D eigenvalue weighted by molar-refractivity contribution is 6.09. The molecule has 4 nitrogen and oxygen atoms in total. The van der Waals surface area contributed by atoms with Crippen molar-refractivity contribution in [1.82, 2.24) is 0 Å². The first-order valence-corrected chi connectivity index (χ1v) is 10.5. The molecule has 0 aromatic heterocycles. The second-order valence-electron chi connectivity index (χ2n) is 7.37. The van der Waals surface area contributed by atoms with Crippen molar-refractivity contribution < 1.29 is 32.6 Å². The average Bonchev–Trinajstić information content (AvgIpc) is 2.88. The van der Waals surface area contributed by atoms with Crippen LogP contribution in [0, 0.1) is 0 Å². The predicted molar refractivity (Wildman–Crippen MR) is 126 cm³/mol. The summed E-state index contributed by atoms with van der Waals surface area (Å²) < 4.78 is 40.5. The lowest BCUT2D eigenvalue weighted by Crippen LogP contribution is -2.19. The second-order valence-corrected chi connectivity index (χ2v) is 7.37. The van der Waals surface area contributed by atoms with Gasteiger partial charge in [0.25, 0.3) is 0 Å². The van der Waals surface area contributed by atoms with Crippen molar-refractivity contribution >= 4 is 11.6 Å². The molecule has 178 valence electrons. The molecule has 0 atom stereocenters. The van der Waals surface area contributed by atoms with Crippen molar-refractivity contribution in [1.29, 1.82) is 0 Å². The summed E-state index contributed by atoms with van der Waals surface area (Å²) in [5, 5.41) is 9.10. The third-order valence-corrected chi connectivity index (χ3v) is 4.72. The van der Waals surface area contributed by atoms with Gasteiger partial charge in [0.2, 0.25) is 0 Å². The predicted octanol–water partition coefficient (Wildman–Crippen LogP) is 6.48. The van der Waals surface area contributed by atoms with Gasteiger partial charge in [-0.2, -0.15) is 13.2 Å². The van der Waals surface area contributed by atoms with E-state index in [0.29, 0.717) is 22.3 Å². The summed E-state index contributed by atoms with van der Waals surface area (Å²) in [4.78, 5) is 23.9. The molecule has 0 aliphatic rings. The third-order valence-electron chi connectivity index (χ3n) is 4.72. The Morgan fingerprint density at radius 1 is 0.600 bits per heavy atom. The number of carbonyl (C=O) groups excluding carboxylic acids is 2. The van der Waals surface area contributed by atoms with E-state index in [1.54, 1.807) is 54.6 Å². The van der Waals surface area contributed by atoms with Crippen LogP contribution in [0.15, 0.2) is 109 Å². The molecule has 0 aliphatic heterocycles. The monoisotopic (exact) mass is 478 g/mol. The molecule has 0 unspecified atom stereocenters. The van der Waals surface area contributed by atoms with E-state index < -0.39 is 12.8 Å². The number of ketones is 2. The Morgan fingerprint density at radius 2 is 0.971 bits per heavy atom. The number of benzene rings is 4. The lowest BCUT2D eigenvalue weighted by Gasteiger charge is -2.09. The number of aromatic hydroxyl groups is 1. The highest BCUT2D eigenvalue weighted by Crippen LogP contribution is 2.20. The van der Waals surface area contributed by atoms with Crippen LogP contribution in [-0.4, -0.2) is 29.5 Å². The largest absolute Gasteiger partial charge is 0.508 e. The first-order valence-electron chi connectivity index (χ1n) is 10.5. The van der Waals surface area contributed by atoms with E-state index in [9.17, 15) is 22.8 Å². The zero-order chi connectivity index (χ0) is 25.3. The van der Waals surface area contributed by atoms with Gasteiger partial charge in [0.1, 0.15) is 11.5 Å². The van der Waals surface area contributed by atoms with Gasteiger partial charge in [0, 0.05) is 22.3 Å². The van der Waals surface area contributed by atoms with Crippen LogP contribution in [0.2, 0.25) is 0 Å². The van der Waals surface area contributed by atoms with Crippen LogP contribution >= 0.6 is 0 Å². The number of phenolic OH excluding ortho intramolecular Hbond substituents is 1. The zero-order valence-corrected chi connectivity index (χ0v) is 18.4. The number of carbonyl (C=O) groups is 2. The molecule has 0 saturated heterocycles. The van der Waals surface area contributed by atoms with Gasteiger partial charge >= 0.3 is 6.18 Å². The third kappa shape index (κ3) is 7.85. The Labute approximate surface area is 200 Å². The summed E-state index contributed by atoms with van der Waals surface area (Å²) >= 11 is 0. The number of halogens is 3. The minimum absolute atomic E-state index is 0.0319.